The molecular formula is C27H38ClN3O4S. The van der Waals surface area contributed by atoms with Crippen molar-refractivity contribution in [2.24, 2.45) is 11.8 Å². The third kappa shape index (κ3) is 8.20. The van der Waals surface area contributed by atoms with E-state index < -0.39 is 10.0 Å². The van der Waals surface area contributed by atoms with Crippen molar-refractivity contribution in [2.45, 2.75) is 37.0 Å². The van der Waals surface area contributed by atoms with Crippen LogP contribution in [0.2, 0.25) is 5.02 Å². The van der Waals surface area contributed by atoms with Gasteiger partial charge in [-0.3, -0.25) is 4.79 Å². The van der Waals surface area contributed by atoms with E-state index in [-0.39, 0.29) is 30.6 Å². The fraction of sp³-hybridized carbons (Fsp3) is 0.519. The van der Waals surface area contributed by atoms with Crippen LogP contribution in [0.15, 0.2) is 53.4 Å². The summed E-state index contributed by atoms with van der Waals surface area (Å²) in [5, 5.41) is 3.45. The summed E-state index contributed by atoms with van der Waals surface area (Å²) in [6.07, 6.45) is 5.68. The number of hydrogen-bond donors (Lipinski definition) is 1. The molecule has 3 rings (SSSR count). The summed E-state index contributed by atoms with van der Waals surface area (Å²) in [5.74, 6) is 1.01. The normalized spacial score (nSPS) is 18.2. The summed E-state index contributed by atoms with van der Waals surface area (Å²) in [4.78, 5) is 14.5. The van der Waals surface area contributed by atoms with E-state index in [4.69, 9.17) is 16.3 Å². The molecule has 1 saturated carbocycles. The molecule has 7 nitrogen and oxygen atoms in total. The molecule has 1 fully saturated rings. The van der Waals surface area contributed by atoms with E-state index in [1.54, 1.807) is 12.1 Å². The maximum Gasteiger partial charge on any atom is 0.246 e. The van der Waals surface area contributed by atoms with Crippen LogP contribution in [0.25, 0.3) is 0 Å². The van der Waals surface area contributed by atoms with E-state index >= 15 is 0 Å². The maximum absolute atomic E-state index is 12.6. The first-order valence-electron chi connectivity index (χ1n) is 12.5. The van der Waals surface area contributed by atoms with E-state index in [0.717, 1.165) is 19.3 Å². The lowest BCUT2D eigenvalue weighted by Crippen LogP contribution is -2.35. The Morgan fingerprint density at radius 1 is 1.00 bits per heavy atom. The number of benzene rings is 2. The first-order chi connectivity index (χ1) is 17.2. The molecule has 1 aliphatic rings. The number of sulfonamides is 1. The van der Waals surface area contributed by atoms with E-state index in [1.807, 2.05) is 0 Å². The van der Waals surface area contributed by atoms with Gasteiger partial charge in [0.1, 0.15) is 6.61 Å². The molecule has 2 aromatic carbocycles. The van der Waals surface area contributed by atoms with Crippen LogP contribution in [0, 0.1) is 11.8 Å². The summed E-state index contributed by atoms with van der Waals surface area (Å²) in [6.45, 7) is 0.870. The highest BCUT2D eigenvalue weighted by Gasteiger charge is 2.23. The van der Waals surface area contributed by atoms with Crippen molar-refractivity contribution in [3.63, 3.8) is 0 Å². The van der Waals surface area contributed by atoms with Crippen molar-refractivity contribution in [3.8, 4) is 0 Å². The van der Waals surface area contributed by atoms with Crippen LogP contribution in [0.4, 0.5) is 5.69 Å². The SMILES string of the molecule is CN(C)c1ccccc1CC1CCC(CNC(=O)COCCN(C)S(=O)(=O)c2ccc(Cl)cc2)CC1. The van der Waals surface area contributed by atoms with E-state index in [0.29, 0.717) is 23.4 Å². The molecule has 0 aliphatic heterocycles. The highest BCUT2D eigenvalue weighted by molar-refractivity contribution is 7.89. The van der Waals surface area contributed by atoms with Crippen LogP contribution >= 0.6 is 11.6 Å². The first kappa shape index (κ1) is 28.4. The van der Waals surface area contributed by atoms with E-state index in [9.17, 15) is 13.2 Å². The molecule has 0 bridgehead atoms. The lowest BCUT2D eigenvalue weighted by Gasteiger charge is -2.29. The molecule has 9 heteroatoms. The van der Waals surface area contributed by atoms with Crippen LogP contribution in [-0.4, -0.2) is 66.1 Å². The third-order valence-electron chi connectivity index (χ3n) is 6.84. The number of hydrogen-bond acceptors (Lipinski definition) is 5. The Morgan fingerprint density at radius 3 is 2.31 bits per heavy atom. The highest BCUT2D eigenvalue weighted by atomic mass is 35.5. The Labute approximate surface area is 220 Å². The van der Waals surface area contributed by atoms with Crippen molar-refractivity contribution in [2.75, 3.05) is 52.3 Å². The van der Waals surface area contributed by atoms with Gasteiger partial charge in [-0.05, 0) is 79.8 Å². The zero-order valence-electron chi connectivity index (χ0n) is 21.5. The first-order valence-corrected chi connectivity index (χ1v) is 14.3. The number of carbonyl (C=O) groups excluding carboxylic acids is 1. The molecule has 36 heavy (non-hydrogen) atoms. The third-order valence-corrected chi connectivity index (χ3v) is 8.96. The van der Waals surface area contributed by atoms with Crippen LogP contribution < -0.4 is 10.2 Å². The van der Waals surface area contributed by atoms with Gasteiger partial charge >= 0.3 is 0 Å². The van der Waals surface area contributed by atoms with Gasteiger partial charge in [0.15, 0.2) is 0 Å². The molecule has 1 N–H and O–H groups in total. The van der Waals surface area contributed by atoms with Gasteiger partial charge in [0.2, 0.25) is 15.9 Å². The molecule has 1 amide bonds. The second kappa shape index (κ2) is 13.4. The predicted octanol–water partition coefficient (Wildman–Crippen LogP) is 4.21. The summed E-state index contributed by atoms with van der Waals surface area (Å²) in [5.41, 5.74) is 2.70. The summed E-state index contributed by atoms with van der Waals surface area (Å²) in [7, 11) is 2.04. The Bertz CT molecular complexity index is 1080. The van der Waals surface area contributed by atoms with Gasteiger partial charge in [-0.15, -0.1) is 0 Å². The van der Waals surface area contributed by atoms with Crippen LogP contribution in [0.1, 0.15) is 31.2 Å². The number of nitrogens with one attached hydrogen (secondary N) is 1. The fourth-order valence-corrected chi connectivity index (χ4v) is 5.93. The van der Waals surface area contributed by atoms with E-state index in [1.165, 1.54) is 47.6 Å². The number of ether oxygens (including phenoxy) is 1. The molecule has 0 spiro atoms. The van der Waals surface area contributed by atoms with Crippen molar-refractivity contribution >= 4 is 33.2 Å². The minimum Gasteiger partial charge on any atom is -0.377 e. The van der Waals surface area contributed by atoms with Crippen LogP contribution in [0.5, 0.6) is 0 Å². The Kier molecular flexibility index (Phi) is 10.6. The smallest absolute Gasteiger partial charge is 0.246 e. The van der Waals surface area contributed by atoms with Gasteiger partial charge in [-0.25, -0.2) is 8.42 Å². The number of carbonyl (C=O) groups is 1. The average Bonchev–Trinajstić information content (AvgIpc) is 2.86. The van der Waals surface area contributed by atoms with Gasteiger partial charge in [-0.2, -0.15) is 4.31 Å². The van der Waals surface area contributed by atoms with Gasteiger partial charge in [0, 0.05) is 44.9 Å². The molecule has 198 valence electrons. The number of amides is 1. The topological polar surface area (TPSA) is 79.0 Å². The molecule has 0 saturated heterocycles. The van der Waals surface area contributed by atoms with Crippen molar-refractivity contribution in [1.82, 2.24) is 9.62 Å². The second-order valence-corrected chi connectivity index (χ2v) is 12.2. The Morgan fingerprint density at radius 2 is 1.64 bits per heavy atom. The van der Waals surface area contributed by atoms with Crippen molar-refractivity contribution in [3.05, 3.63) is 59.1 Å². The summed E-state index contributed by atoms with van der Waals surface area (Å²) < 4.78 is 31.8. The minimum absolute atomic E-state index is 0.0779. The number of para-hydroxylation sites is 1. The molecule has 0 unspecified atom stereocenters. The number of likely N-dealkylation sites (N-methyl/N-ethyl adjacent to an activating group) is 1. The van der Waals surface area contributed by atoms with E-state index in [2.05, 4.69) is 48.6 Å². The lowest BCUT2D eigenvalue weighted by atomic mass is 9.79. The summed E-state index contributed by atoms with van der Waals surface area (Å²) in [6, 6.07) is 14.6. The molecule has 0 atom stereocenters. The molecule has 0 aromatic heterocycles. The quantitative estimate of drug-likeness (QED) is 0.412. The fourth-order valence-electron chi connectivity index (χ4n) is 4.64. The van der Waals surface area contributed by atoms with Crippen LogP contribution in [-0.2, 0) is 26.0 Å². The number of rotatable bonds is 12. The highest BCUT2D eigenvalue weighted by Crippen LogP contribution is 2.32. The van der Waals surface area contributed by atoms with Gasteiger partial charge < -0.3 is 15.0 Å². The van der Waals surface area contributed by atoms with Gasteiger partial charge in [0.05, 0.1) is 11.5 Å². The summed E-state index contributed by atoms with van der Waals surface area (Å²) >= 11 is 5.83. The molecule has 0 heterocycles. The monoisotopic (exact) mass is 535 g/mol. The van der Waals surface area contributed by atoms with Gasteiger partial charge in [-0.1, -0.05) is 29.8 Å². The molecule has 0 radical (unpaired) electrons. The second-order valence-electron chi connectivity index (χ2n) is 9.75. The number of halogens is 1. The predicted molar refractivity (Wildman–Crippen MR) is 145 cm³/mol. The van der Waals surface area contributed by atoms with Gasteiger partial charge in [0.25, 0.3) is 0 Å². The van der Waals surface area contributed by atoms with Crippen LogP contribution in [0.3, 0.4) is 0 Å². The zero-order chi connectivity index (χ0) is 26.1. The molecule has 1 aliphatic carbocycles. The molecular weight excluding hydrogens is 498 g/mol. The standard InChI is InChI=1S/C27H38ClN3O4S/c1-30(2)26-7-5-4-6-23(26)18-21-8-10-22(11-9-21)19-29-27(32)20-35-17-16-31(3)36(33,34)25-14-12-24(28)13-15-25/h4-7,12-15,21-22H,8-11,16-20H2,1-3H3,(H,29,32). The van der Waals surface area contributed by atoms with Crippen molar-refractivity contribution < 1.29 is 17.9 Å². The Hall–Kier alpha value is -2.13. The molecule has 2 aromatic rings. The minimum atomic E-state index is -3.62. The largest absolute Gasteiger partial charge is 0.377 e. The number of nitrogens with zero attached hydrogens (tertiary/aromatic N) is 2. The Balaban J connectivity index is 1.31. The maximum atomic E-state index is 12.6. The zero-order valence-corrected chi connectivity index (χ0v) is 23.0. The number of anilines is 1. The van der Waals surface area contributed by atoms with Crippen molar-refractivity contribution in [1.29, 1.82) is 0 Å². The average molecular weight is 536 g/mol. The lowest BCUT2D eigenvalue weighted by molar-refractivity contribution is -0.125.